The number of aromatic nitrogens is 2. The van der Waals surface area contributed by atoms with Gasteiger partial charge in [-0.05, 0) is 31.3 Å². The first-order valence-corrected chi connectivity index (χ1v) is 9.75. The Hall–Kier alpha value is -1.84. The second kappa shape index (κ2) is 7.19. The fraction of sp³-hybridized carbons (Fsp3) is 0.500. The van der Waals surface area contributed by atoms with Crippen molar-refractivity contribution in [2.24, 2.45) is 0 Å². The number of benzene rings is 1. The quantitative estimate of drug-likeness (QED) is 0.797. The van der Waals surface area contributed by atoms with Gasteiger partial charge in [-0.1, -0.05) is 12.1 Å². The van der Waals surface area contributed by atoms with Crippen molar-refractivity contribution in [3.8, 4) is 0 Å². The highest BCUT2D eigenvalue weighted by Crippen LogP contribution is 2.23. The second-order valence-electron chi connectivity index (χ2n) is 6.33. The van der Waals surface area contributed by atoms with Gasteiger partial charge >= 0.3 is 0 Å². The number of rotatable bonds is 5. The second-order valence-corrected chi connectivity index (χ2v) is 8.36. The van der Waals surface area contributed by atoms with Gasteiger partial charge in [0.25, 0.3) is 0 Å². The molecule has 2 unspecified atom stereocenters. The number of hydrogen-bond acceptors (Lipinski definition) is 7. The zero-order chi connectivity index (χ0) is 18.0. The third-order valence-electron chi connectivity index (χ3n) is 4.33. The van der Waals surface area contributed by atoms with E-state index in [0.717, 1.165) is 31.8 Å². The van der Waals surface area contributed by atoms with Crippen LogP contribution in [-0.2, 0) is 9.84 Å². The van der Waals surface area contributed by atoms with Crippen molar-refractivity contribution in [1.29, 1.82) is 0 Å². The van der Waals surface area contributed by atoms with E-state index in [4.69, 9.17) is 4.52 Å². The van der Waals surface area contributed by atoms with E-state index in [1.807, 2.05) is 7.05 Å². The summed E-state index contributed by atoms with van der Waals surface area (Å²) in [6.45, 7) is 4.23. The molecule has 25 heavy (non-hydrogen) atoms. The normalized spacial score (nSPS) is 20.5. The lowest BCUT2D eigenvalue weighted by Gasteiger charge is -2.30. The van der Waals surface area contributed by atoms with Crippen molar-refractivity contribution >= 4 is 9.84 Å². The summed E-state index contributed by atoms with van der Waals surface area (Å²) in [5.41, 5.74) is 0. The average molecular weight is 368 g/mol. The molecule has 2 heterocycles. The SMILES string of the molecule is CC(CS(=O)(=O)c1ccc(F)cc1)c1nc(C2CNCCN2C)no1. The Bertz CT molecular complexity index is 822. The van der Waals surface area contributed by atoms with Crippen molar-refractivity contribution < 1.29 is 17.3 Å². The first kappa shape index (κ1) is 18.0. The molecule has 136 valence electrons. The lowest BCUT2D eigenvalue weighted by atomic mass is 10.2. The van der Waals surface area contributed by atoms with Crippen LogP contribution >= 0.6 is 0 Å². The van der Waals surface area contributed by atoms with E-state index < -0.39 is 21.6 Å². The minimum Gasteiger partial charge on any atom is -0.339 e. The molecule has 3 rings (SSSR count). The molecule has 1 saturated heterocycles. The largest absolute Gasteiger partial charge is 0.339 e. The molecule has 1 aromatic heterocycles. The molecule has 1 aliphatic rings. The topological polar surface area (TPSA) is 88.3 Å². The third kappa shape index (κ3) is 4.05. The summed E-state index contributed by atoms with van der Waals surface area (Å²) in [5.74, 6) is -0.272. The predicted molar refractivity (Wildman–Crippen MR) is 89.4 cm³/mol. The molecule has 2 atom stereocenters. The molecule has 7 nitrogen and oxygen atoms in total. The first-order valence-electron chi connectivity index (χ1n) is 8.09. The van der Waals surface area contributed by atoms with Crippen molar-refractivity contribution in [2.45, 2.75) is 23.8 Å². The minimum absolute atomic E-state index is 0.00663. The van der Waals surface area contributed by atoms with Crippen molar-refractivity contribution in [1.82, 2.24) is 20.4 Å². The monoisotopic (exact) mass is 368 g/mol. The zero-order valence-electron chi connectivity index (χ0n) is 14.1. The molecule has 0 bridgehead atoms. The van der Waals surface area contributed by atoms with Crippen LogP contribution in [0.5, 0.6) is 0 Å². The van der Waals surface area contributed by atoms with Crippen LogP contribution in [0.1, 0.15) is 30.6 Å². The highest BCUT2D eigenvalue weighted by Gasteiger charge is 2.28. The Morgan fingerprint density at radius 2 is 2.12 bits per heavy atom. The van der Waals surface area contributed by atoms with E-state index in [1.165, 1.54) is 12.1 Å². The van der Waals surface area contributed by atoms with E-state index in [9.17, 15) is 12.8 Å². The summed E-state index contributed by atoms with van der Waals surface area (Å²) in [4.78, 5) is 6.60. The number of nitrogens with zero attached hydrogens (tertiary/aromatic N) is 3. The van der Waals surface area contributed by atoms with Crippen LogP contribution in [-0.4, -0.2) is 55.9 Å². The number of hydrogen-bond donors (Lipinski definition) is 1. The molecule has 1 aliphatic heterocycles. The molecule has 0 radical (unpaired) electrons. The molecule has 9 heteroatoms. The maximum atomic E-state index is 13.0. The molecular weight excluding hydrogens is 347 g/mol. The van der Waals surface area contributed by atoms with Gasteiger partial charge in [0.2, 0.25) is 5.89 Å². The van der Waals surface area contributed by atoms with E-state index >= 15 is 0 Å². The molecule has 0 saturated carbocycles. The number of sulfone groups is 1. The Kier molecular flexibility index (Phi) is 5.16. The molecule has 0 aliphatic carbocycles. The van der Waals surface area contributed by atoms with Crippen LogP contribution in [0.3, 0.4) is 0 Å². The number of halogens is 1. The molecular formula is C16H21FN4O3S. The summed E-state index contributed by atoms with van der Waals surface area (Å²) in [7, 11) is -1.58. The summed E-state index contributed by atoms with van der Waals surface area (Å²) in [6.07, 6.45) is 0. The molecule has 0 amide bonds. The fourth-order valence-corrected chi connectivity index (χ4v) is 4.36. The van der Waals surface area contributed by atoms with Gasteiger partial charge in [-0.25, -0.2) is 12.8 Å². The minimum atomic E-state index is -3.57. The van der Waals surface area contributed by atoms with Gasteiger partial charge in [0, 0.05) is 25.6 Å². The van der Waals surface area contributed by atoms with Gasteiger partial charge in [-0.15, -0.1) is 0 Å². The Morgan fingerprint density at radius 3 is 2.80 bits per heavy atom. The van der Waals surface area contributed by atoms with Crippen molar-refractivity contribution in [3.63, 3.8) is 0 Å². The molecule has 0 spiro atoms. The molecule has 2 aromatic rings. The van der Waals surface area contributed by atoms with Gasteiger partial charge in [-0.3, -0.25) is 4.90 Å². The van der Waals surface area contributed by atoms with Crippen LogP contribution in [0.25, 0.3) is 0 Å². The van der Waals surface area contributed by atoms with Crippen LogP contribution < -0.4 is 5.32 Å². The van der Waals surface area contributed by atoms with Gasteiger partial charge in [0.15, 0.2) is 15.7 Å². The fourth-order valence-electron chi connectivity index (χ4n) is 2.82. The van der Waals surface area contributed by atoms with Gasteiger partial charge in [-0.2, -0.15) is 4.98 Å². The van der Waals surface area contributed by atoms with Gasteiger partial charge in [0.05, 0.1) is 16.7 Å². The highest BCUT2D eigenvalue weighted by atomic mass is 32.2. The molecule has 1 N–H and O–H groups in total. The standard InChI is InChI=1S/C16H21FN4O3S/c1-11(10-25(22,23)13-5-3-12(17)4-6-13)16-19-15(20-24-16)14-9-18-7-8-21(14)2/h3-6,11,14,18H,7-10H2,1-2H3. The maximum absolute atomic E-state index is 13.0. The van der Waals surface area contributed by atoms with E-state index in [-0.39, 0.29) is 16.7 Å². The number of nitrogens with one attached hydrogen (secondary N) is 1. The lowest BCUT2D eigenvalue weighted by molar-refractivity contribution is 0.190. The lowest BCUT2D eigenvalue weighted by Crippen LogP contribution is -2.44. The molecule has 1 fully saturated rings. The number of likely N-dealkylation sites (N-methyl/N-ethyl adjacent to an activating group) is 1. The smallest absolute Gasteiger partial charge is 0.230 e. The van der Waals surface area contributed by atoms with E-state index in [1.54, 1.807) is 6.92 Å². The highest BCUT2D eigenvalue weighted by molar-refractivity contribution is 7.91. The van der Waals surface area contributed by atoms with E-state index in [0.29, 0.717) is 11.7 Å². The van der Waals surface area contributed by atoms with Gasteiger partial charge in [0.1, 0.15) is 5.82 Å². The van der Waals surface area contributed by atoms with Crippen molar-refractivity contribution in [3.05, 3.63) is 41.8 Å². The third-order valence-corrected chi connectivity index (χ3v) is 6.26. The predicted octanol–water partition coefficient (Wildman–Crippen LogP) is 1.36. The summed E-state index contributed by atoms with van der Waals surface area (Å²) >= 11 is 0. The van der Waals surface area contributed by atoms with Gasteiger partial charge < -0.3 is 9.84 Å². The Balaban J connectivity index is 1.73. The summed E-state index contributed by atoms with van der Waals surface area (Å²) < 4.78 is 43.2. The zero-order valence-corrected chi connectivity index (χ0v) is 15.0. The van der Waals surface area contributed by atoms with Crippen molar-refractivity contribution in [2.75, 3.05) is 32.4 Å². The van der Waals surface area contributed by atoms with Crippen LogP contribution in [0.15, 0.2) is 33.7 Å². The Labute approximate surface area is 146 Å². The van der Waals surface area contributed by atoms with Crippen LogP contribution in [0.2, 0.25) is 0 Å². The average Bonchev–Trinajstić information content (AvgIpc) is 3.05. The summed E-state index contributed by atoms with van der Waals surface area (Å²) in [6, 6.07) is 4.80. The first-order chi connectivity index (χ1) is 11.9. The molecule has 1 aromatic carbocycles. The maximum Gasteiger partial charge on any atom is 0.230 e. The van der Waals surface area contributed by atoms with Crippen LogP contribution in [0, 0.1) is 5.82 Å². The van der Waals surface area contributed by atoms with Crippen LogP contribution in [0.4, 0.5) is 4.39 Å². The summed E-state index contributed by atoms with van der Waals surface area (Å²) in [5, 5.41) is 7.29. The van der Waals surface area contributed by atoms with E-state index in [2.05, 4.69) is 20.4 Å². The number of piperazine rings is 1. The Morgan fingerprint density at radius 1 is 1.40 bits per heavy atom.